The van der Waals surface area contributed by atoms with Crippen LogP contribution in [0.2, 0.25) is 0 Å². The molecule has 0 aromatic heterocycles. The zero-order valence-electron chi connectivity index (χ0n) is 10.6. The average Bonchev–Trinajstić information content (AvgIpc) is 2.42. The van der Waals surface area contributed by atoms with Crippen LogP contribution in [-0.2, 0) is 4.79 Å². The first kappa shape index (κ1) is 14.8. The van der Waals surface area contributed by atoms with Gasteiger partial charge in [-0.1, -0.05) is 6.92 Å². The molecule has 1 unspecified atom stereocenters. The van der Waals surface area contributed by atoms with Crippen molar-refractivity contribution < 1.29 is 14.8 Å². The molecule has 0 aliphatic carbocycles. The molecule has 19 heavy (non-hydrogen) atoms. The number of hydrogen-bond donors (Lipinski definition) is 2. The maximum absolute atomic E-state index is 11.4. The standard InChI is InChI=1S/C13H16N2O4/c1-10(9-16)8-14-13(17)7-4-11-2-5-12(6-3-11)15(18)19/h2-7,10,16H,8-9H2,1H3,(H,14,17). The number of amides is 1. The van der Waals surface area contributed by atoms with Crippen LogP contribution in [0.4, 0.5) is 5.69 Å². The molecule has 0 spiro atoms. The molecule has 0 aliphatic heterocycles. The Hall–Kier alpha value is -2.21. The predicted octanol–water partition coefficient (Wildman–Crippen LogP) is 1.35. The highest BCUT2D eigenvalue weighted by atomic mass is 16.6. The summed E-state index contributed by atoms with van der Waals surface area (Å²) in [5.74, 6) is -0.254. The van der Waals surface area contributed by atoms with Gasteiger partial charge in [0.2, 0.25) is 5.91 Å². The summed E-state index contributed by atoms with van der Waals surface area (Å²) in [4.78, 5) is 21.4. The monoisotopic (exact) mass is 264 g/mol. The largest absolute Gasteiger partial charge is 0.396 e. The minimum Gasteiger partial charge on any atom is -0.396 e. The molecule has 0 heterocycles. The first-order valence-electron chi connectivity index (χ1n) is 5.84. The van der Waals surface area contributed by atoms with E-state index in [0.29, 0.717) is 12.1 Å². The van der Waals surface area contributed by atoms with Crippen LogP contribution in [0.1, 0.15) is 12.5 Å². The summed E-state index contributed by atoms with van der Waals surface area (Å²) in [6.45, 7) is 2.24. The number of benzene rings is 1. The lowest BCUT2D eigenvalue weighted by Gasteiger charge is -2.07. The van der Waals surface area contributed by atoms with Crippen molar-refractivity contribution in [1.82, 2.24) is 5.32 Å². The van der Waals surface area contributed by atoms with E-state index in [1.807, 2.05) is 6.92 Å². The van der Waals surface area contributed by atoms with E-state index in [2.05, 4.69) is 5.32 Å². The number of nitro benzene ring substituents is 1. The molecule has 0 saturated carbocycles. The van der Waals surface area contributed by atoms with Crippen molar-refractivity contribution in [2.24, 2.45) is 5.92 Å². The molecule has 0 radical (unpaired) electrons. The van der Waals surface area contributed by atoms with Crippen LogP contribution in [0.3, 0.4) is 0 Å². The lowest BCUT2D eigenvalue weighted by molar-refractivity contribution is -0.384. The average molecular weight is 264 g/mol. The van der Waals surface area contributed by atoms with E-state index in [9.17, 15) is 14.9 Å². The fraction of sp³-hybridized carbons (Fsp3) is 0.308. The number of nitrogens with zero attached hydrogens (tertiary/aromatic N) is 1. The number of nitrogens with one attached hydrogen (secondary N) is 1. The number of aliphatic hydroxyl groups excluding tert-OH is 1. The summed E-state index contributed by atoms with van der Waals surface area (Å²) in [6.07, 6.45) is 2.92. The third kappa shape index (κ3) is 5.31. The molecule has 1 rings (SSSR count). The van der Waals surface area contributed by atoms with Crippen molar-refractivity contribution in [1.29, 1.82) is 0 Å². The van der Waals surface area contributed by atoms with Gasteiger partial charge < -0.3 is 10.4 Å². The number of aliphatic hydroxyl groups is 1. The summed E-state index contributed by atoms with van der Waals surface area (Å²) in [7, 11) is 0. The van der Waals surface area contributed by atoms with Gasteiger partial charge in [-0.2, -0.15) is 0 Å². The second-order valence-electron chi connectivity index (χ2n) is 4.21. The maximum atomic E-state index is 11.4. The number of non-ortho nitro benzene ring substituents is 1. The van der Waals surface area contributed by atoms with Crippen LogP contribution in [0.5, 0.6) is 0 Å². The first-order chi connectivity index (χ1) is 9.02. The van der Waals surface area contributed by atoms with E-state index in [1.165, 1.54) is 18.2 Å². The Morgan fingerprint density at radius 1 is 1.47 bits per heavy atom. The molecule has 2 N–H and O–H groups in total. The number of carbonyl (C=O) groups is 1. The van der Waals surface area contributed by atoms with E-state index in [4.69, 9.17) is 5.11 Å². The smallest absolute Gasteiger partial charge is 0.269 e. The van der Waals surface area contributed by atoms with Crippen LogP contribution >= 0.6 is 0 Å². The lowest BCUT2D eigenvalue weighted by Crippen LogP contribution is -2.27. The molecule has 6 nitrogen and oxygen atoms in total. The minimum absolute atomic E-state index is 0.0109. The summed E-state index contributed by atoms with van der Waals surface area (Å²) in [5, 5.41) is 21.9. The molecule has 102 valence electrons. The SMILES string of the molecule is CC(CO)CNC(=O)C=Cc1ccc([N+](=O)[O-])cc1. The van der Waals surface area contributed by atoms with Gasteiger partial charge in [0, 0.05) is 31.4 Å². The molecule has 1 aromatic rings. The van der Waals surface area contributed by atoms with Crippen molar-refractivity contribution in [3.8, 4) is 0 Å². The Labute approximate surface area is 110 Å². The molecule has 1 atom stereocenters. The van der Waals surface area contributed by atoms with Crippen LogP contribution in [0, 0.1) is 16.0 Å². The van der Waals surface area contributed by atoms with E-state index in [0.717, 1.165) is 0 Å². The van der Waals surface area contributed by atoms with E-state index >= 15 is 0 Å². The van der Waals surface area contributed by atoms with Gasteiger partial charge in [-0.3, -0.25) is 14.9 Å². The molecule has 0 bridgehead atoms. The molecular formula is C13H16N2O4. The van der Waals surface area contributed by atoms with Crippen molar-refractivity contribution >= 4 is 17.7 Å². The Bertz CT molecular complexity index is 468. The van der Waals surface area contributed by atoms with Gasteiger partial charge >= 0.3 is 0 Å². The minimum atomic E-state index is -0.476. The van der Waals surface area contributed by atoms with Gasteiger partial charge in [0.1, 0.15) is 0 Å². The highest BCUT2D eigenvalue weighted by molar-refractivity contribution is 5.91. The number of rotatable bonds is 6. The molecular weight excluding hydrogens is 248 g/mol. The Balaban J connectivity index is 2.51. The zero-order valence-corrected chi connectivity index (χ0v) is 10.6. The van der Waals surface area contributed by atoms with Gasteiger partial charge in [-0.05, 0) is 29.7 Å². The van der Waals surface area contributed by atoms with E-state index < -0.39 is 4.92 Å². The normalized spacial score (nSPS) is 12.3. The second-order valence-corrected chi connectivity index (χ2v) is 4.21. The lowest BCUT2D eigenvalue weighted by atomic mass is 10.2. The zero-order chi connectivity index (χ0) is 14.3. The van der Waals surface area contributed by atoms with Crippen molar-refractivity contribution in [2.45, 2.75) is 6.92 Å². The molecule has 1 aromatic carbocycles. The Morgan fingerprint density at radius 2 is 2.11 bits per heavy atom. The highest BCUT2D eigenvalue weighted by Gasteiger charge is 2.03. The Kier molecular flexibility index (Phi) is 5.69. The number of nitro groups is 1. The summed E-state index contributed by atoms with van der Waals surface area (Å²) in [5.41, 5.74) is 0.717. The van der Waals surface area contributed by atoms with Crippen LogP contribution in [-0.4, -0.2) is 29.1 Å². The third-order valence-electron chi connectivity index (χ3n) is 2.47. The number of carbonyl (C=O) groups excluding carboxylic acids is 1. The fourth-order valence-corrected chi connectivity index (χ4v) is 1.28. The van der Waals surface area contributed by atoms with Gasteiger partial charge in [-0.25, -0.2) is 0 Å². The molecule has 0 saturated heterocycles. The van der Waals surface area contributed by atoms with Crippen LogP contribution < -0.4 is 5.32 Å². The summed E-state index contributed by atoms with van der Waals surface area (Å²) < 4.78 is 0. The highest BCUT2D eigenvalue weighted by Crippen LogP contribution is 2.12. The molecule has 0 aliphatic rings. The molecule has 1 amide bonds. The van der Waals surface area contributed by atoms with Gasteiger partial charge in [0.05, 0.1) is 4.92 Å². The number of hydrogen-bond acceptors (Lipinski definition) is 4. The first-order valence-corrected chi connectivity index (χ1v) is 5.84. The molecule has 0 fully saturated rings. The summed E-state index contributed by atoms with van der Waals surface area (Å²) in [6, 6.07) is 5.90. The van der Waals surface area contributed by atoms with Crippen molar-refractivity contribution in [3.63, 3.8) is 0 Å². The van der Waals surface area contributed by atoms with E-state index in [-0.39, 0.29) is 24.1 Å². The maximum Gasteiger partial charge on any atom is 0.269 e. The third-order valence-corrected chi connectivity index (χ3v) is 2.47. The topological polar surface area (TPSA) is 92.5 Å². The summed E-state index contributed by atoms with van der Waals surface area (Å²) >= 11 is 0. The van der Waals surface area contributed by atoms with Crippen molar-refractivity contribution in [3.05, 3.63) is 46.0 Å². The van der Waals surface area contributed by atoms with E-state index in [1.54, 1.807) is 18.2 Å². The van der Waals surface area contributed by atoms with Crippen molar-refractivity contribution in [2.75, 3.05) is 13.2 Å². The van der Waals surface area contributed by atoms with Gasteiger partial charge in [0.15, 0.2) is 0 Å². The fourth-order valence-electron chi connectivity index (χ4n) is 1.28. The Morgan fingerprint density at radius 3 is 2.63 bits per heavy atom. The second kappa shape index (κ2) is 7.27. The quantitative estimate of drug-likeness (QED) is 0.461. The van der Waals surface area contributed by atoms with Gasteiger partial charge in [-0.15, -0.1) is 0 Å². The predicted molar refractivity (Wildman–Crippen MR) is 71.4 cm³/mol. The van der Waals surface area contributed by atoms with Crippen LogP contribution in [0.15, 0.2) is 30.3 Å². The van der Waals surface area contributed by atoms with Crippen LogP contribution in [0.25, 0.3) is 6.08 Å². The van der Waals surface area contributed by atoms with Gasteiger partial charge in [0.25, 0.3) is 5.69 Å². The molecule has 6 heteroatoms.